The normalized spacial score (nSPS) is 25.9. The van der Waals surface area contributed by atoms with Gasteiger partial charge in [0.25, 0.3) is 0 Å². The fourth-order valence-electron chi connectivity index (χ4n) is 0.823. The lowest BCUT2D eigenvalue weighted by Crippen LogP contribution is -2.38. The third-order valence-electron chi connectivity index (χ3n) is 1.39. The minimum atomic E-state index is -0.745. The van der Waals surface area contributed by atoms with Gasteiger partial charge in [0.2, 0.25) is 6.04 Å². The minimum absolute atomic E-state index is 0.384. The van der Waals surface area contributed by atoms with Crippen LogP contribution in [0.2, 0.25) is 0 Å². The maximum Gasteiger partial charge on any atom is 0.249 e. The highest BCUT2D eigenvalue weighted by atomic mass is 35.5. The number of nitro groups is 1. The Labute approximate surface area is 74.9 Å². The number of hydrogen-bond acceptors (Lipinski definition) is 4. The second-order valence-electron chi connectivity index (χ2n) is 2.12. The van der Waals surface area contributed by atoms with E-state index in [4.69, 9.17) is 5.73 Å². The Balaban J connectivity index is 0.000000561. The van der Waals surface area contributed by atoms with Gasteiger partial charge in [0.1, 0.15) is 0 Å². The van der Waals surface area contributed by atoms with Crippen LogP contribution in [0.4, 0.5) is 0 Å². The number of halogens is 1. The minimum Gasteiger partial charge on any atom is -0.318 e. The summed E-state index contributed by atoms with van der Waals surface area (Å²) in [7, 11) is 0. The molecule has 0 spiro atoms. The predicted octanol–water partition coefficient (Wildman–Crippen LogP) is 0.184. The molecule has 0 aliphatic heterocycles. The van der Waals surface area contributed by atoms with Crippen LogP contribution in [0, 0.1) is 10.1 Å². The molecular weight excluding hydrogens is 182 g/mol. The first-order chi connectivity index (χ1) is 5.72. The summed E-state index contributed by atoms with van der Waals surface area (Å²) in [5, 5.41) is 14.2. The molecule has 12 heavy (non-hydrogen) atoms. The first-order valence-electron chi connectivity index (χ1n) is 3.17. The molecule has 0 saturated heterocycles. The number of hydrogen-bond donors (Lipinski definition) is 2. The molecule has 2 unspecified atom stereocenters. The van der Waals surface area contributed by atoms with Gasteiger partial charge in [-0.3, -0.25) is 10.1 Å². The number of rotatable bonds is 1. The van der Waals surface area contributed by atoms with Crippen molar-refractivity contribution in [3.63, 3.8) is 0 Å². The zero-order chi connectivity index (χ0) is 9.56. The number of nitrogens with zero attached hydrogens (tertiary/aromatic N) is 1. The fourth-order valence-corrected chi connectivity index (χ4v) is 0.823. The molecule has 0 heterocycles. The number of allylic oxidation sites excluding steroid dienone is 2. The Morgan fingerprint density at radius 2 is 1.83 bits per heavy atom. The smallest absolute Gasteiger partial charge is 0.249 e. The lowest BCUT2D eigenvalue weighted by molar-refractivity contribution is -0.510. The van der Waals surface area contributed by atoms with Gasteiger partial charge in [0, 0.05) is 4.92 Å². The molecular formula is C6H10ClN3O2. The van der Waals surface area contributed by atoms with E-state index in [0.29, 0.717) is 0 Å². The van der Waals surface area contributed by atoms with E-state index < -0.39 is 12.1 Å². The summed E-state index contributed by atoms with van der Waals surface area (Å²) >= 11 is 4.14. The molecule has 2 atom stereocenters. The summed E-state index contributed by atoms with van der Waals surface area (Å²) in [6.07, 6.45) is 6.46. The first-order valence-corrected chi connectivity index (χ1v) is 3.61. The van der Waals surface area contributed by atoms with E-state index in [1.54, 1.807) is 18.2 Å². The van der Waals surface area contributed by atoms with Crippen molar-refractivity contribution in [2.24, 2.45) is 11.0 Å². The van der Waals surface area contributed by atoms with E-state index in [1.807, 2.05) is 0 Å². The summed E-state index contributed by atoms with van der Waals surface area (Å²) in [6, 6.07) is -1.22. The van der Waals surface area contributed by atoms with E-state index in [2.05, 4.69) is 17.0 Å². The summed E-state index contributed by atoms with van der Waals surface area (Å²) in [6.45, 7) is 0. The van der Waals surface area contributed by atoms with Gasteiger partial charge in [-0.25, -0.2) is 5.25 Å². The SMILES string of the molecule is NC1C=CC=CC1[N+](=O)[O-].NCl. The van der Waals surface area contributed by atoms with Crippen molar-refractivity contribution in [2.45, 2.75) is 12.1 Å². The first kappa shape index (κ1) is 11.1. The molecule has 68 valence electrons. The molecule has 0 saturated carbocycles. The third kappa shape index (κ3) is 3.00. The molecule has 1 aliphatic carbocycles. The zero-order valence-electron chi connectivity index (χ0n) is 6.26. The highest BCUT2D eigenvalue weighted by Crippen LogP contribution is 2.04. The topological polar surface area (TPSA) is 95.2 Å². The largest absolute Gasteiger partial charge is 0.318 e. The van der Waals surface area contributed by atoms with Crippen LogP contribution in [-0.4, -0.2) is 17.0 Å². The maximum absolute atomic E-state index is 10.2. The van der Waals surface area contributed by atoms with Crippen LogP contribution in [0.5, 0.6) is 0 Å². The van der Waals surface area contributed by atoms with Crippen LogP contribution in [0.3, 0.4) is 0 Å². The number of nitrogens with two attached hydrogens (primary N) is 2. The van der Waals surface area contributed by atoms with Crippen LogP contribution in [0.25, 0.3) is 0 Å². The van der Waals surface area contributed by atoms with Crippen molar-refractivity contribution in [3.05, 3.63) is 34.4 Å². The van der Waals surface area contributed by atoms with E-state index in [-0.39, 0.29) is 4.92 Å². The van der Waals surface area contributed by atoms with Crippen LogP contribution in [-0.2, 0) is 0 Å². The molecule has 0 radical (unpaired) electrons. The molecule has 4 N–H and O–H groups in total. The average molecular weight is 192 g/mol. The maximum atomic E-state index is 10.2. The Kier molecular flexibility index (Phi) is 5.27. The quantitative estimate of drug-likeness (QED) is 0.351. The van der Waals surface area contributed by atoms with Crippen LogP contribution >= 0.6 is 11.8 Å². The average Bonchev–Trinajstić information content (AvgIpc) is 2.08. The van der Waals surface area contributed by atoms with Gasteiger partial charge in [-0.15, -0.1) is 0 Å². The van der Waals surface area contributed by atoms with Gasteiger partial charge < -0.3 is 5.73 Å². The molecule has 6 heteroatoms. The van der Waals surface area contributed by atoms with Crippen molar-refractivity contribution in [2.75, 3.05) is 0 Å². The molecule has 0 fully saturated rings. The molecule has 0 aromatic heterocycles. The van der Waals surface area contributed by atoms with Crippen molar-refractivity contribution in [3.8, 4) is 0 Å². The monoisotopic (exact) mass is 191 g/mol. The zero-order valence-corrected chi connectivity index (χ0v) is 7.02. The van der Waals surface area contributed by atoms with Gasteiger partial charge in [-0.05, 0) is 17.9 Å². The third-order valence-corrected chi connectivity index (χ3v) is 1.39. The Morgan fingerprint density at radius 1 is 1.33 bits per heavy atom. The Hall–Kier alpha value is -0.910. The fraction of sp³-hybridized carbons (Fsp3) is 0.333. The van der Waals surface area contributed by atoms with Crippen LogP contribution in [0.15, 0.2) is 24.3 Å². The van der Waals surface area contributed by atoms with Gasteiger partial charge in [0.15, 0.2) is 0 Å². The van der Waals surface area contributed by atoms with Crippen LogP contribution < -0.4 is 11.0 Å². The summed E-state index contributed by atoms with van der Waals surface area (Å²) in [4.78, 5) is 9.82. The highest BCUT2D eigenvalue weighted by Gasteiger charge is 2.24. The predicted molar refractivity (Wildman–Crippen MR) is 47.1 cm³/mol. The molecule has 5 nitrogen and oxygen atoms in total. The molecule has 1 rings (SSSR count). The summed E-state index contributed by atoms with van der Waals surface area (Å²) in [5.74, 6) is 0. The van der Waals surface area contributed by atoms with E-state index >= 15 is 0 Å². The molecule has 0 amide bonds. The molecule has 0 aromatic carbocycles. The van der Waals surface area contributed by atoms with Gasteiger partial charge >= 0.3 is 0 Å². The Morgan fingerprint density at radius 3 is 2.17 bits per heavy atom. The lowest BCUT2D eigenvalue weighted by Gasteiger charge is -2.11. The Bertz CT molecular complexity index is 205. The van der Waals surface area contributed by atoms with Crippen molar-refractivity contribution >= 4 is 11.8 Å². The second-order valence-corrected chi connectivity index (χ2v) is 2.12. The second kappa shape index (κ2) is 5.70. The summed E-state index contributed by atoms with van der Waals surface area (Å²) < 4.78 is 0. The summed E-state index contributed by atoms with van der Waals surface area (Å²) in [5.41, 5.74) is 5.40. The van der Waals surface area contributed by atoms with Crippen molar-refractivity contribution < 1.29 is 4.92 Å². The molecule has 0 bridgehead atoms. The van der Waals surface area contributed by atoms with Gasteiger partial charge in [0.05, 0.1) is 6.04 Å². The molecule has 1 aliphatic rings. The van der Waals surface area contributed by atoms with Crippen LogP contribution in [0.1, 0.15) is 0 Å². The van der Waals surface area contributed by atoms with E-state index in [9.17, 15) is 10.1 Å². The molecule has 0 aromatic rings. The van der Waals surface area contributed by atoms with Gasteiger partial charge in [-0.2, -0.15) is 0 Å². The van der Waals surface area contributed by atoms with Crippen molar-refractivity contribution in [1.82, 2.24) is 0 Å². The lowest BCUT2D eigenvalue weighted by atomic mass is 10.1. The van der Waals surface area contributed by atoms with Gasteiger partial charge in [-0.1, -0.05) is 18.2 Å². The van der Waals surface area contributed by atoms with E-state index in [1.165, 1.54) is 6.08 Å². The van der Waals surface area contributed by atoms with Crippen molar-refractivity contribution in [1.29, 1.82) is 0 Å². The van der Waals surface area contributed by atoms with E-state index in [0.717, 1.165) is 0 Å². The highest BCUT2D eigenvalue weighted by molar-refractivity contribution is 6.11. The standard InChI is InChI=1S/C6H8N2O2.ClH2N/c7-5-3-1-2-4-6(5)8(9)10;1-2/h1-6H,7H2;2H2.